The predicted octanol–water partition coefficient (Wildman–Crippen LogP) is 2.93. The zero-order valence-electron chi connectivity index (χ0n) is 17.1. The molecule has 27 heavy (non-hydrogen) atoms. The average molecular weight is 484 g/mol. The minimum atomic E-state index is 0. The number of aryl methyl sites for hydroxylation is 3. The Morgan fingerprint density at radius 1 is 1.11 bits per heavy atom. The van der Waals surface area contributed by atoms with Crippen molar-refractivity contribution in [3.05, 3.63) is 52.8 Å². The molecule has 0 bridgehead atoms. The second-order valence-corrected chi connectivity index (χ2v) is 6.91. The van der Waals surface area contributed by atoms with Gasteiger partial charge in [0.15, 0.2) is 5.96 Å². The quantitative estimate of drug-likeness (QED) is 0.262. The van der Waals surface area contributed by atoms with E-state index in [9.17, 15) is 0 Å². The van der Waals surface area contributed by atoms with Gasteiger partial charge in [0.2, 0.25) is 0 Å². The van der Waals surface area contributed by atoms with Gasteiger partial charge in [0.1, 0.15) is 0 Å². The molecule has 0 atom stereocenters. The SMILES string of the molecule is CN=C(NCCCn1nc(C)cc1C)NCc1ccc(CN(C)C)cc1.I. The molecular weight excluding hydrogens is 451 g/mol. The Bertz CT molecular complexity index is 706. The Balaban J connectivity index is 0.00000364. The van der Waals surface area contributed by atoms with E-state index in [1.54, 1.807) is 7.05 Å². The van der Waals surface area contributed by atoms with Gasteiger partial charge in [-0.1, -0.05) is 24.3 Å². The van der Waals surface area contributed by atoms with Crippen LogP contribution in [0.15, 0.2) is 35.3 Å². The van der Waals surface area contributed by atoms with Crippen molar-refractivity contribution in [3.8, 4) is 0 Å². The summed E-state index contributed by atoms with van der Waals surface area (Å²) in [6.45, 7) is 7.63. The van der Waals surface area contributed by atoms with E-state index < -0.39 is 0 Å². The van der Waals surface area contributed by atoms with Crippen LogP contribution in [-0.2, 0) is 19.6 Å². The smallest absolute Gasteiger partial charge is 0.191 e. The van der Waals surface area contributed by atoms with Crippen LogP contribution in [0, 0.1) is 13.8 Å². The van der Waals surface area contributed by atoms with Gasteiger partial charge in [0, 0.05) is 38.9 Å². The summed E-state index contributed by atoms with van der Waals surface area (Å²) in [5, 5.41) is 11.2. The lowest BCUT2D eigenvalue weighted by Gasteiger charge is -2.13. The molecule has 1 heterocycles. The Kier molecular flexibility index (Phi) is 10.4. The molecule has 2 rings (SSSR count). The molecular formula is C20H33IN6. The largest absolute Gasteiger partial charge is 0.356 e. The number of halogens is 1. The average Bonchev–Trinajstić information content (AvgIpc) is 2.92. The molecule has 150 valence electrons. The summed E-state index contributed by atoms with van der Waals surface area (Å²) in [6.07, 6.45) is 1.00. The summed E-state index contributed by atoms with van der Waals surface area (Å²) in [5.74, 6) is 0.829. The van der Waals surface area contributed by atoms with E-state index in [0.717, 1.165) is 44.3 Å². The van der Waals surface area contributed by atoms with Crippen molar-refractivity contribution in [2.75, 3.05) is 27.7 Å². The monoisotopic (exact) mass is 484 g/mol. The van der Waals surface area contributed by atoms with Crippen molar-refractivity contribution in [2.24, 2.45) is 4.99 Å². The number of nitrogens with one attached hydrogen (secondary N) is 2. The Hall–Kier alpha value is -1.61. The molecule has 0 aliphatic carbocycles. The molecule has 2 aromatic rings. The first-order valence-electron chi connectivity index (χ1n) is 9.16. The van der Waals surface area contributed by atoms with Crippen LogP contribution in [0.1, 0.15) is 28.9 Å². The Labute approximate surface area is 180 Å². The van der Waals surface area contributed by atoms with Crippen LogP contribution < -0.4 is 10.6 Å². The lowest BCUT2D eigenvalue weighted by molar-refractivity contribution is 0.402. The summed E-state index contributed by atoms with van der Waals surface area (Å²) in [6, 6.07) is 10.8. The fraction of sp³-hybridized carbons (Fsp3) is 0.500. The van der Waals surface area contributed by atoms with Crippen LogP contribution in [0.4, 0.5) is 0 Å². The fourth-order valence-electron chi connectivity index (χ4n) is 2.87. The molecule has 6 nitrogen and oxygen atoms in total. The molecule has 0 amide bonds. The van der Waals surface area contributed by atoms with Gasteiger partial charge in [0.25, 0.3) is 0 Å². The van der Waals surface area contributed by atoms with Crippen molar-refractivity contribution >= 4 is 29.9 Å². The summed E-state index contributed by atoms with van der Waals surface area (Å²) in [5.41, 5.74) is 4.86. The van der Waals surface area contributed by atoms with Crippen molar-refractivity contribution in [2.45, 2.75) is 39.9 Å². The van der Waals surface area contributed by atoms with Crippen LogP contribution in [0.2, 0.25) is 0 Å². The maximum absolute atomic E-state index is 4.49. The highest BCUT2D eigenvalue weighted by Gasteiger charge is 2.02. The van der Waals surface area contributed by atoms with Gasteiger partial charge in [-0.15, -0.1) is 24.0 Å². The molecule has 0 spiro atoms. The molecule has 0 aliphatic rings. The maximum Gasteiger partial charge on any atom is 0.191 e. The van der Waals surface area contributed by atoms with Gasteiger partial charge < -0.3 is 15.5 Å². The molecule has 0 unspecified atom stereocenters. The first kappa shape index (κ1) is 23.4. The van der Waals surface area contributed by atoms with Crippen molar-refractivity contribution in [1.82, 2.24) is 25.3 Å². The van der Waals surface area contributed by atoms with Gasteiger partial charge in [-0.3, -0.25) is 9.67 Å². The van der Waals surface area contributed by atoms with E-state index in [2.05, 4.69) is 81.7 Å². The fourth-order valence-corrected chi connectivity index (χ4v) is 2.87. The lowest BCUT2D eigenvalue weighted by Crippen LogP contribution is -2.37. The summed E-state index contributed by atoms with van der Waals surface area (Å²) in [7, 11) is 5.97. The number of hydrogen-bond acceptors (Lipinski definition) is 3. The molecule has 0 saturated heterocycles. The van der Waals surface area contributed by atoms with Crippen LogP contribution >= 0.6 is 24.0 Å². The highest BCUT2D eigenvalue weighted by Crippen LogP contribution is 2.06. The second kappa shape index (κ2) is 12.0. The number of rotatable bonds is 8. The first-order chi connectivity index (χ1) is 12.5. The van der Waals surface area contributed by atoms with Gasteiger partial charge in [-0.05, 0) is 51.6 Å². The van der Waals surface area contributed by atoms with Gasteiger partial charge in [0.05, 0.1) is 5.69 Å². The zero-order valence-corrected chi connectivity index (χ0v) is 19.4. The van der Waals surface area contributed by atoms with E-state index >= 15 is 0 Å². The summed E-state index contributed by atoms with van der Waals surface area (Å²) >= 11 is 0. The standard InChI is InChI=1S/C20H32N6.HI/c1-16-13-17(2)26(24-16)12-6-11-22-20(21-3)23-14-18-7-9-19(10-8-18)15-25(4)5;/h7-10,13H,6,11-12,14-15H2,1-5H3,(H2,21,22,23);1H. The van der Waals surface area contributed by atoms with Crippen LogP contribution in [-0.4, -0.2) is 48.3 Å². The van der Waals surface area contributed by atoms with Crippen LogP contribution in [0.5, 0.6) is 0 Å². The summed E-state index contributed by atoms with van der Waals surface area (Å²) in [4.78, 5) is 6.46. The molecule has 7 heteroatoms. The number of aromatic nitrogens is 2. The normalized spacial score (nSPS) is 11.4. The number of aliphatic imine (C=N–C) groups is 1. The highest BCUT2D eigenvalue weighted by molar-refractivity contribution is 14.0. The van der Waals surface area contributed by atoms with Gasteiger partial charge in [-0.25, -0.2) is 0 Å². The maximum atomic E-state index is 4.49. The van der Waals surface area contributed by atoms with Crippen molar-refractivity contribution < 1.29 is 0 Å². The molecule has 2 N–H and O–H groups in total. The molecule has 0 aliphatic heterocycles. The number of nitrogens with zero attached hydrogens (tertiary/aromatic N) is 4. The number of guanidine groups is 1. The minimum absolute atomic E-state index is 0. The number of benzene rings is 1. The third-order valence-corrected chi connectivity index (χ3v) is 4.15. The van der Waals surface area contributed by atoms with E-state index in [-0.39, 0.29) is 24.0 Å². The van der Waals surface area contributed by atoms with E-state index in [4.69, 9.17) is 0 Å². The predicted molar refractivity (Wildman–Crippen MR) is 124 cm³/mol. The number of hydrogen-bond donors (Lipinski definition) is 2. The molecule has 1 aromatic carbocycles. The van der Waals surface area contributed by atoms with Crippen LogP contribution in [0.25, 0.3) is 0 Å². The van der Waals surface area contributed by atoms with E-state index in [1.165, 1.54) is 16.8 Å². The first-order valence-corrected chi connectivity index (χ1v) is 9.16. The zero-order chi connectivity index (χ0) is 18.9. The molecule has 0 radical (unpaired) electrons. The van der Waals surface area contributed by atoms with Crippen LogP contribution in [0.3, 0.4) is 0 Å². The Morgan fingerprint density at radius 2 is 1.78 bits per heavy atom. The summed E-state index contributed by atoms with van der Waals surface area (Å²) < 4.78 is 2.06. The van der Waals surface area contributed by atoms with Gasteiger partial charge >= 0.3 is 0 Å². The molecule has 0 saturated carbocycles. The third kappa shape index (κ3) is 8.30. The topological polar surface area (TPSA) is 57.5 Å². The second-order valence-electron chi connectivity index (χ2n) is 6.91. The molecule has 1 aromatic heterocycles. The van der Waals surface area contributed by atoms with E-state index in [1.807, 2.05) is 6.92 Å². The highest BCUT2D eigenvalue weighted by atomic mass is 127. The van der Waals surface area contributed by atoms with Crippen molar-refractivity contribution in [1.29, 1.82) is 0 Å². The van der Waals surface area contributed by atoms with Crippen molar-refractivity contribution in [3.63, 3.8) is 0 Å². The third-order valence-electron chi connectivity index (χ3n) is 4.15. The van der Waals surface area contributed by atoms with E-state index in [0.29, 0.717) is 0 Å². The minimum Gasteiger partial charge on any atom is -0.356 e. The lowest BCUT2D eigenvalue weighted by atomic mass is 10.1. The Morgan fingerprint density at radius 3 is 2.33 bits per heavy atom. The molecule has 0 fully saturated rings. The van der Waals surface area contributed by atoms with Gasteiger partial charge in [-0.2, -0.15) is 5.10 Å².